The van der Waals surface area contributed by atoms with E-state index in [0.717, 1.165) is 16.8 Å². The number of carbonyl (C=O) groups is 1. The molecule has 0 fully saturated rings. The number of fused-ring (bicyclic) bond motifs is 1. The van der Waals surface area contributed by atoms with Crippen molar-refractivity contribution in [1.82, 2.24) is 4.57 Å². The predicted molar refractivity (Wildman–Crippen MR) is 92.7 cm³/mol. The molecule has 4 nitrogen and oxygen atoms in total. The maximum Gasteiger partial charge on any atom is 0.273 e. The van der Waals surface area contributed by atoms with Crippen LogP contribution in [0.2, 0.25) is 0 Å². The molecule has 1 aliphatic carbocycles. The second kappa shape index (κ2) is 5.45. The number of hydrogen-bond donors (Lipinski definition) is 0. The minimum absolute atomic E-state index is 0.00382. The lowest BCUT2D eigenvalue weighted by molar-refractivity contribution is 0.0909. The third-order valence-electron chi connectivity index (χ3n) is 4.47. The molecule has 1 aromatic heterocycles. The van der Waals surface area contributed by atoms with E-state index < -0.39 is 0 Å². The lowest BCUT2D eigenvalue weighted by atomic mass is 9.75. The molecule has 4 heteroatoms. The number of hydrogen-bond acceptors (Lipinski definition) is 3. The van der Waals surface area contributed by atoms with E-state index >= 15 is 0 Å². The van der Waals surface area contributed by atoms with Gasteiger partial charge in [0.05, 0.1) is 0 Å². The molecule has 0 radical (unpaired) electrons. The molecular formula is C20H20N2O2. The second-order valence-electron chi connectivity index (χ2n) is 7.46. The van der Waals surface area contributed by atoms with Crippen molar-refractivity contribution in [3.8, 4) is 11.8 Å². The summed E-state index contributed by atoms with van der Waals surface area (Å²) in [5.41, 5.74) is 3.47. The number of pyridine rings is 1. The molecule has 1 aliphatic rings. The van der Waals surface area contributed by atoms with Gasteiger partial charge < -0.3 is 0 Å². The molecule has 0 amide bonds. The second-order valence-corrected chi connectivity index (χ2v) is 7.46. The number of aromatic nitrogens is 1. The fraction of sp³-hybridized carbons (Fsp3) is 0.350. The summed E-state index contributed by atoms with van der Waals surface area (Å²) in [4.78, 5) is 25.4. The van der Waals surface area contributed by atoms with Gasteiger partial charge >= 0.3 is 0 Å². The number of ketones is 1. The molecule has 0 bridgehead atoms. The number of benzene rings is 1. The van der Waals surface area contributed by atoms with Crippen LogP contribution in [-0.4, -0.2) is 10.4 Å². The summed E-state index contributed by atoms with van der Waals surface area (Å²) >= 11 is 0. The van der Waals surface area contributed by atoms with Gasteiger partial charge in [-0.15, -0.1) is 0 Å². The van der Waals surface area contributed by atoms with Gasteiger partial charge in [0.2, 0.25) is 0 Å². The van der Waals surface area contributed by atoms with E-state index in [2.05, 4.69) is 0 Å². The Morgan fingerprint density at radius 2 is 1.67 bits per heavy atom. The maximum atomic E-state index is 12.8. The first-order valence-electron chi connectivity index (χ1n) is 8.03. The number of rotatable bonds is 1. The van der Waals surface area contributed by atoms with E-state index in [-0.39, 0.29) is 22.3 Å². The molecule has 0 saturated heterocycles. The van der Waals surface area contributed by atoms with Gasteiger partial charge in [-0.25, -0.2) is 0 Å². The van der Waals surface area contributed by atoms with E-state index in [1.807, 2.05) is 52.0 Å². The van der Waals surface area contributed by atoms with Gasteiger partial charge in [-0.3, -0.25) is 14.2 Å². The molecule has 24 heavy (non-hydrogen) atoms. The predicted octanol–water partition coefficient (Wildman–Crippen LogP) is 3.48. The average molecular weight is 320 g/mol. The van der Waals surface area contributed by atoms with Crippen molar-refractivity contribution >= 4 is 5.78 Å². The van der Waals surface area contributed by atoms with Crippen LogP contribution in [0.15, 0.2) is 29.1 Å². The Kier molecular flexibility index (Phi) is 3.68. The third kappa shape index (κ3) is 2.67. The number of carbonyl (C=O) groups excluding carboxylic acids is 1. The summed E-state index contributed by atoms with van der Waals surface area (Å²) < 4.78 is 1.56. The summed E-state index contributed by atoms with van der Waals surface area (Å²) in [7, 11) is 0. The lowest BCUT2D eigenvalue weighted by Crippen LogP contribution is -2.35. The Morgan fingerprint density at radius 1 is 1.04 bits per heavy atom. The molecule has 122 valence electrons. The highest BCUT2D eigenvalue weighted by atomic mass is 16.1. The normalized spacial score (nSPS) is 15.7. The van der Waals surface area contributed by atoms with Crippen LogP contribution in [0.25, 0.3) is 5.69 Å². The molecule has 0 atom stereocenters. The first-order valence-corrected chi connectivity index (χ1v) is 8.03. The Bertz CT molecular complexity index is 939. The van der Waals surface area contributed by atoms with Crippen LogP contribution in [0.1, 0.15) is 53.0 Å². The van der Waals surface area contributed by atoms with Crippen molar-refractivity contribution in [3.05, 3.63) is 62.6 Å². The standard InChI is InChI=1S/C20H20N2O2/c1-12-5-13(2)7-15(6-12)22-17-9-20(3,4)10-18(23)16(17)8-14(11-21)19(22)24/h5-8H,9-10H2,1-4H3. The van der Waals surface area contributed by atoms with Crippen LogP contribution < -0.4 is 5.56 Å². The van der Waals surface area contributed by atoms with Crippen LogP contribution in [-0.2, 0) is 6.42 Å². The third-order valence-corrected chi connectivity index (χ3v) is 4.47. The van der Waals surface area contributed by atoms with E-state index in [0.29, 0.717) is 24.1 Å². The number of Topliss-reactive ketones (excluding diaryl/α,β-unsaturated/α-hetero) is 1. The van der Waals surface area contributed by atoms with Crippen molar-refractivity contribution in [2.45, 2.75) is 40.5 Å². The summed E-state index contributed by atoms with van der Waals surface area (Å²) in [5, 5.41) is 9.31. The zero-order valence-electron chi connectivity index (χ0n) is 14.4. The molecule has 0 N–H and O–H groups in total. The van der Waals surface area contributed by atoms with Gasteiger partial charge in [-0.2, -0.15) is 5.26 Å². The van der Waals surface area contributed by atoms with Crippen LogP contribution in [0.4, 0.5) is 0 Å². The molecule has 1 heterocycles. The van der Waals surface area contributed by atoms with Crippen molar-refractivity contribution < 1.29 is 4.79 Å². The van der Waals surface area contributed by atoms with Crippen molar-refractivity contribution in [3.63, 3.8) is 0 Å². The van der Waals surface area contributed by atoms with Gasteiger partial charge in [0.1, 0.15) is 11.6 Å². The Hall–Kier alpha value is -2.67. The first kappa shape index (κ1) is 16.2. The lowest BCUT2D eigenvalue weighted by Gasteiger charge is -2.32. The van der Waals surface area contributed by atoms with Crippen LogP contribution >= 0.6 is 0 Å². The highest BCUT2D eigenvalue weighted by molar-refractivity contribution is 5.99. The van der Waals surface area contributed by atoms with E-state index in [9.17, 15) is 14.9 Å². The SMILES string of the molecule is Cc1cc(C)cc(-n2c3c(cc(C#N)c2=O)C(=O)CC(C)(C)C3)c1. The minimum Gasteiger partial charge on any atom is -0.294 e. The van der Waals surface area contributed by atoms with Crippen molar-refractivity contribution in [2.75, 3.05) is 0 Å². The molecule has 0 spiro atoms. The van der Waals surface area contributed by atoms with E-state index in [1.165, 1.54) is 6.07 Å². The highest BCUT2D eigenvalue weighted by Crippen LogP contribution is 2.35. The van der Waals surface area contributed by atoms with Crippen molar-refractivity contribution in [2.24, 2.45) is 5.41 Å². The quantitative estimate of drug-likeness (QED) is 0.808. The zero-order valence-corrected chi connectivity index (χ0v) is 14.4. The van der Waals surface area contributed by atoms with E-state index in [4.69, 9.17) is 0 Å². The summed E-state index contributed by atoms with van der Waals surface area (Å²) in [6, 6.07) is 9.28. The Balaban J connectivity index is 2.41. The fourth-order valence-corrected chi connectivity index (χ4v) is 3.55. The number of aryl methyl sites for hydroxylation is 2. The maximum absolute atomic E-state index is 12.8. The summed E-state index contributed by atoms with van der Waals surface area (Å²) in [6.45, 7) is 8.00. The topological polar surface area (TPSA) is 62.9 Å². The average Bonchev–Trinajstić information content (AvgIpc) is 2.44. The molecule has 1 aromatic carbocycles. The first-order chi connectivity index (χ1) is 11.2. The molecule has 0 unspecified atom stereocenters. The van der Waals surface area contributed by atoms with Gasteiger partial charge in [0.25, 0.3) is 5.56 Å². The van der Waals surface area contributed by atoms with Crippen molar-refractivity contribution in [1.29, 1.82) is 5.26 Å². The molecule has 0 saturated carbocycles. The van der Waals surface area contributed by atoms with E-state index in [1.54, 1.807) is 4.57 Å². The Labute approximate surface area is 141 Å². The monoisotopic (exact) mass is 320 g/mol. The zero-order chi connectivity index (χ0) is 17.6. The number of nitriles is 1. The molecule has 0 aliphatic heterocycles. The smallest absolute Gasteiger partial charge is 0.273 e. The van der Waals surface area contributed by atoms with Crippen LogP contribution in [0.3, 0.4) is 0 Å². The number of nitrogens with zero attached hydrogens (tertiary/aromatic N) is 2. The van der Waals surface area contributed by atoms with Gasteiger partial charge in [0, 0.05) is 23.4 Å². The van der Waals surface area contributed by atoms with Gasteiger partial charge in [0.15, 0.2) is 5.78 Å². The largest absolute Gasteiger partial charge is 0.294 e. The highest BCUT2D eigenvalue weighted by Gasteiger charge is 2.34. The summed E-state index contributed by atoms with van der Waals surface area (Å²) in [6.07, 6.45) is 1.05. The van der Waals surface area contributed by atoms with Gasteiger partial charge in [-0.1, -0.05) is 19.9 Å². The fourth-order valence-electron chi connectivity index (χ4n) is 3.55. The van der Waals surface area contributed by atoms with Gasteiger partial charge in [-0.05, 0) is 55.0 Å². The summed E-state index contributed by atoms with van der Waals surface area (Å²) in [5.74, 6) is -0.00382. The molecular weight excluding hydrogens is 300 g/mol. The van der Waals surface area contributed by atoms with Crippen LogP contribution in [0, 0.1) is 30.6 Å². The molecule has 2 aromatic rings. The minimum atomic E-state index is -0.355. The van der Waals surface area contributed by atoms with Crippen LogP contribution in [0.5, 0.6) is 0 Å². The Morgan fingerprint density at radius 3 is 2.25 bits per heavy atom. The molecule has 3 rings (SSSR count).